The molecular weight excluding hydrogens is 258 g/mol. The lowest BCUT2D eigenvalue weighted by molar-refractivity contribution is -0.0755. The normalized spacial score (nSPS) is 26.8. The van der Waals surface area contributed by atoms with Crippen LogP contribution in [0.15, 0.2) is 24.3 Å². The third-order valence-corrected chi connectivity index (χ3v) is 5.51. The predicted molar refractivity (Wildman–Crippen MR) is 87.8 cm³/mol. The maximum atomic E-state index is 6.36. The van der Waals surface area contributed by atoms with Gasteiger partial charge in [-0.3, -0.25) is 0 Å². The van der Waals surface area contributed by atoms with Gasteiger partial charge in [0.05, 0.1) is 0 Å². The lowest BCUT2D eigenvalue weighted by Gasteiger charge is -2.54. The second-order valence-corrected chi connectivity index (χ2v) is 6.79. The molecule has 1 N–H and O–H groups in total. The molecule has 2 fully saturated rings. The highest BCUT2D eigenvalue weighted by Gasteiger charge is 2.57. The molecule has 1 aromatic rings. The summed E-state index contributed by atoms with van der Waals surface area (Å²) in [6.07, 6.45) is 9.37. The molecule has 2 aliphatic carbocycles. The average molecular weight is 287 g/mol. The quantitative estimate of drug-likeness (QED) is 0.841. The van der Waals surface area contributed by atoms with E-state index in [1.807, 2.05) is 0 Å². The summed E-state index contributed by atoms with van der Waals surface area (Å²) in [5.41, 5.74) is 1.83. The Morgan fingerprint density at radius 1 is 1.14 bits per heavy atom. The summed E-state index contributed by atoms with van der Waals surface area (Å²) >= 11 is 0. The van der Waals surface area contributed by atoms with Gasteiger partial charge in [-0.1, -0.05) is 45.2 Å². The van der Waals surface area contributed by atoms with E-state index in [0.29, 0.717) is 17.6 Å². The first-order chi connectivity index (χ1) is 10.3. The summed E-state index contributed by atoms with van der Waals surface area (Å²) in [6.45, 7) is 5.51. The zero-order valence-corrected chi connectivity index (χ0v) is 13.5. The molecule has 0 radical (unpaired) electrons. The van der Waals surface area contributed by atoms with Crippen LogP contribution in [0.25, 0.3) is 0 Å². The first-order valence-electron chi connectivity index (χ1n) is 8.77. The Morgan fingerprint density at radius 2 is 1.86 bits per heavy atom. The molecule has 1 aromatic carbocycles. The third kappa shape index (κ3) is 2.83. The molecule has 2 nitrogen and oxygen atoms in total. The zero-order valence-electron chi connectivity index (χ0n) is 13.5. The van der Waals surface area contributed by atoms with Gasteiger partial charge in [0.15, 0.2) is 0 Å². The van der Waals surface area contributed by atoms with Crippen molar-refractivity contribution in [3.8, 4) is 5.75 Å². The fraction of sp³-hybridized carbons (Fsp3) is 0.684. The van der Waals surface area contributed by atoms with E-state index < -0.39 is 0 Å². The molecule has 0 aliphatic heterocycles. The Hall–Kier alpha value is -1.02. The number of ether oxygens (including phenoxy) is 1. The predicted octanol–water partition coefficient (Wildman–Crippen LogP) is 4.33. The second kappa shape index (κ2) is 6.39. The van der Waals surface area contributed by atoms with Crippen molar-refractivity contribution in [2.75, 3.05) is 6.54 Å². The summed E-state index contributed by atoms with van der Waals surface area (Å²) in [5, 5.41) is 3.68. The molecule has 1 spiro atoms. The van der Waals surface area contributed by atoms with Gasteiger partial charge in [0.25, 0.3) is 0 Å². The number of rotatable bonds is 6. The number of aryl methyl sites for hydroxylation is 1. The summed E-state index contributed by atoms with van der Waals surface area (Å²) < 4.78 is 6.36. The first kappa shape index (κ1) is 14.9. The number of nitrogens with one attached hydrogen (secondary N) is 1. The minimum absolute atomic E-state index is 0.415. The maximum absolute atomic E-state index is 6.36. The Morgan fingerprint density at radius 3 is 2.48 bits per heavy atom. The number of hydrogen-bond acceptors (Lipinski definition) is 2. The van der Waals surface area contributed by atoms with Gasteiger partial charge in [-0.2, -0.15) is 0 Å². The number of hydrogen-bond donors (Lipinski definition) is 1. The standard InChI is InChI=1S/C19H29NO/c1-3-7-15-8-10-16(11-9-15)21-18-14-17(20-4-2)19(18)12-5-6-13-19/h8-11,17-18,20H,3-7,12-14H2,1-2H3. The van der Waals surface area contributed by atoms with Crippen LogP contribution in [0.5, 0.6) is 5.75 Å². The van der Waals surface area contributed by atoms with Crippen molar-refractivity contribution in [1.29, 1.82) is 0 Å². The SMILES string of the molecule is CCCc1ccc(OC2CC(NCC)C23CCCC3)cc1. The Kier molecular flexibility index (Phi) is 4.54. The second-order valence-electron chi connectivity index (χ2n) is 6.79. The lowest BCUT2D eigenvalue weighted by atomic mass is 9.60. The van der Waals surface area contributed by atoms with Crippen LogP contribution in [0.1, 0.15) is 57.9 Å². The van der Waals surface area contributed by atoms with Crippen molar-refractivity contribution in [2.45, 2.75) is 70.9 Å². The lowest BCUT2D eigenvalue weighted by Crippen LogP contribution is -2.63. The van der Waals surface area contributed by atoms with E-state index in [9.17, 15) is 0 Å². The highest BCUT2D eigenvalue weighted by atomic mass is 16.5. The molecular formula is C19H29NO. The van der Waals surface area contributed by atoms with Crippen LogP contribution in [0, 0.1) is 5.41 Å². The molecule has 0 heterocycles. The fourth-order valence-corrected chi connectivity index (χ4v) is 4.34. The van der Waals surface area contributed by atoms with E-state index in [1.54, 1.807) is 0 Å². The zero-order chi connectivity index (χ0) is 14.7. The van der Waals surface area contributed by atoms with Crippen LogP contribution in [0.3, 0.4) is 0 Å². The van der Waals surface area contributed by atoms with Gasteiger partial charge >= 0.3 is 0 Å². The van der Waals surface area contributed by atoms with Crippen LogP contribution < -0.4 is 10.1 Å². The molecule has 21 heavy (non-hydrogen) atoms. The Balaban J connectivity index is 1.64. The summed E-state index contributed by atoms with van der Waals surface area (Å²) in [4.78, 5) is 0. The minimum atomic E-state index is 0.415. The van der Waals surface area contributed by atoms with Gasteiger partial charge in [-0.05, 0) is 43.5 Å². The van der Waals surface area contributed by atoms with Crippen molar-refractivity contribution in [3.63, 3.8) is 0 Å². The Bertz CT molecular complexity index is 447. The van der Waals surface area contributed by atoms with E-state index in [0.717, 1.165) is 18.7 Å². The monoisotopic (exact) mass is 287 g/mol. The molecule has 0 amide bonds. The van der Waals surface area contributed by atoms with Crippen molar-refractivity contribution in [1.82, 2.24) is 5.32 Å². The van der Waals surface area contributed by atoms with Crippen LogP contribution in [-0.2, 0) is 6.42 Å². The molecule has 116 valence electrons. The molecule has 0 bridgehead atoms. The van der Waals surface area contributed by atoms with Gasteiger partial charge in [0.2, 0.25) is 0 Å². The fourth-order valence-electron chi connectivity index (χ4n) is 4.34. The highest BCUT2D eigenvalue weighted by molar-refractivity contribution is 5.28. The maximum Gasteiger partial charge on any atom is 0.119 e. The van der Waals surface area contributed by atoms with Gasteiger partial charge in [-0.25, -0.2) is 0 Å². The Labute approximate surface area is 129 Å². The molecule has 2 aliphatic rings. The molecule has 2 heteroatoms. The molecule has 0 saturated heterocycles. The molecule has 2 saturated carbocycles. The van der Waals surface area contributed by atoms with E-state index >= 15 is 0 Å². The molecule has 0 aromatic heterocycles. The number of benzene rings is 1. The van der Waals surface area contributed by atoms with Gasteiger partial charge < -0.3 is 10.1 Å². The molecule has 2 atom stereocenters. The summed E-state index contributed by atoms with van der Waals surface area (Å²) in [5.74, 6) is 1.06. The molecule has 2 unspecified atom stereocenters. The van der Waals surface area contributed by atoms with Crippen LogP contribution in [-0.4, -0.2) is 18.7 Å². The van der Waals surface area contributed by atoms with Crippen molar-refractivity contribution in [3.05, 3.63) is 29.8 Å². The first-order valence-corrected chi connectivity index (χ1v) is 8.77. The van der Waals surface area contributed by atoms with Crippen molar-refractivity contribution in [2.24, 2.45) is 5.41 Å². The largest absolute Gasteiger partial charge is 0.490 e. The van der Waals surface area contributed by atoms with E-state index in [-0.39, 0.29) is 0 Å². The summed E-state index contributed by atoms with van der Waals surface area (Å²) in [6, 6.07) is 9.44. The topological polar surface area (TPSA) is 21.3 Å². The van der Waals surface area contributed by atoms with E-state index in [1.165, 1.54) is 44.1 Å². The average Bonchev–Trinajstić information content (AvgIpc) is 3.01. The summed E-state index contributed by atoms with van der Waals surface area (Å²) in [7, 11) is 0. The van der Waals surface area contributed by atoms with Gasteiger partial charge in [-0.15, -0.1) is 0 Å². The van der Waals surface area contributed by atoms with Crippen LogP contribution >= 0.6 is 0 Å². The third-order valence-electron chi connectivity index (χ3n) is 5.51. The molecule has 3 rings (SSSR count). The van der Waals surface area contributed by atoms with E-state index in [2.05, 4.69) is 43.4 Å². The van der Waals surface area contributed by atoms with E-state index in [4.69, 9.17) is 4.74 Å². The van der Waals surface area contributed by atoms with Crippen molar-refractivity contribution >= 4 is 0 Å². The smallest absolute Gasteiger partial charge is 0.119 e. The highest BCUT2D eigenvalue weighted by Crippen LogP contribution is 2.54. The minimum Gasteiger partial charge on any atom is -0.490 e. The van der Waals surface area contributed by atoms with Crippen LogP contribution in [0.4, 0.5) is 0 Å². The van der Waals surface area contributed by atoms with Crippen molar-refractivity contribution < 1.29 is 4.74 Å². The van der Waals surface area contributed by atoms with Gasteiger partial charge in [0, 0.05) is 17.9 Å². The van der Waals surface area contributed by atoms with Gasteiger partial charge in [0.1, 0.15) is 11.9 Å². The van der Waals surface area contributed by atoms with Crippen LogP contribution in [0.2, 0.25) is 0 Å².